The molecule has 2 aliphatic carbocycles. The van der Waals surface area contributed by atoms with E-state index in [1.165, 1.54) is 36.7 Å². The second-order valence-electron chi connectivity index (χ2n) is 7.51. The fourth-order valence-electron chi connectivity index (χ4n) is 4.17. The number of benzene rings is 2. The molecule has 0 unspecified atom stereocenters. The number of hydrogen-bond acceptors (Lipinski definition) is 3. The third kappa shape index (κ3) is 2.99. The summed E-state index contributed by atoms with van der Waals surface area (Å²) in [6.07, 6.45) is 7.19. The van der Waals surface area contributed by atoms with E-state index in [-0.39, 0.29) is 5.75 Å². The van der Waals surface area contributed by atoms with Crippen molar-refractivity contribution in [3.05, 3.63) is 59.7 Å². The van der Waals surface area contributed by atoms with Crippen LogP contribution in [0, 0.1) is 5.41 Å². The molecule has 25 heavy (non-hydrogen) atoms. The number of rotatable bonds is 3. The van der Waals surface area contributed by atoms with Crippen molar-refractivity contribution in [3.8, 4) is 5.75 Å². The van der Waals surface area contributed by atoms with Gasteiger partial charge in [-0.15, -0.1) is 0 Å². The highest BCUT2D eigenvalue weighted by atomic mass is 32.2. The largest absolute Gasteiger partial charge is 0.508 e. The van der Waals surface area contributed by atoms with E-state index in [1.807, 2.05) is 24.3 Å². The van der Waals surface area contributed by atoms with Crippen LogP contribution in [0.1, 0.15) is 43.2 Å². The Morgan fingerprint density at radius 2 is 1.32 bits per heavy atom. The second kappa shape index (κ2) is 5.73. The van der Waals surface area contributed by atoms with Crippen LogP contribution in [0.5, 0.6) is 5.75 Å². The number of phenols is 1. The van der Waals surface area contributed by atoms with Crippen LogP contribution in [0.2, 0.25) is 0 Å². The molecule has 0 bridgehead atoms. The number of allylic oxidation sites excluding steroid dienone is 2. The number of phenolic OH excluding ortho intramolecular Hbond substituents is 1. The van der Waals surface area contributed by atoms with Gasteiger partial charge in [0.15, 0.2) is 9.84 Å². The minimum absolute atomic E-state index is 0.278. The van der Waals surface area contributed by atoms with E-state index in [1.54, 1.807) is 24.3 Å². The standard InChI is InChI=1S/C21H22O3S/c1-25(23,24)18-9-5-16(6-10-18)20-14-21(11-2-12-21)13-19(20)15-3-7-17(22)8-4-15/h3-10,22H,2,11-14H2,1H3. The van der Waals surface area contributed by atoms with Crippen molar-refractivity contribution in [1.82, 2.24) is 0 Å². The van der Waals surface area contributed by atoms with Crippen LogP contribution in [0.4, 0.5) is 0 Å². The molecule has 0 saturated heterocycles. The lowest BCUT2D eigenvalue weighted by atomic mass is 9.66. The summed E-state index contributed by atoms with van der Waals surface area (Å²) in [6.45, 7) is 0. The van der Waals surface area contributed by atoms with Gasteiger partial charge in [0.1, 0.15) is 5.75 Å². The molecule has 2 aromatic rings. The molecular formula is C21H22O3S. The van der Waals surface area contributed by atoms with E-state index in [9.17, 15) is 13.5 Å². The highest BCUT2D eigenvalue weighted by Gasteiger charge is 2.43. The fourth-order valence-corrected chi connectivity index (χ4v) is 4.81. The third-order valence-corrected chi connectivity index (χ3v) is 6.86. The average molecular weight is 354 g/mol. The maximum absolute atomic E-state index is 11.7. The van der Waals surface area contributed by atoms with Gasteiger partial charge < -0.3 is 5.11 Å². The Morgan fingerprint density at radius 3 is 1.72 bits per heavy atom. The van der Waals surface area contributed by atoms with Crippen LogP contribution < -0.4 is 0 Å². The number of aromatic hydroxyl groups is 1. The first-order valence-electron chi connectivity index (χ1n) is 8.68. The zero-order valence-electron chi connectivity index (χ0n) is 14.3. The van der Waals surface area contributed by atoms with E-state index >= 15 is 0 Å². The Labute approximate surface area is 148 Å². The van der Waals surface area contributed by atoms with E-state index in [0.717, 1.165) is 24.0 Å². The molecule has 0 heterocycles. The molecule has 0 aliphatic heterocycles. The summed E-state index contributed by atoms with van der Waals surface area (Å²) in [5.74, 6) is 0.278. The first-order valence-corrected chi connectivity index (χ1v) is 10.6. The molecule has 2 aromatic carbocycles. The van der Waals surface area contributed by atoms with Crippen molar-refractivity contribution in [3.63, 3.8) is 0 Å². The molecular weight excluding hydrogens is 332 g/mol. The first-order chi connectivity index (χ1) is 11.9. The Balaban J connectivity index is 1.77. The minimum atomic E-state index is -3.17. The van der Waals surface area contributed by atoms with Gasteiger partial charge in [0.05, 0.1) is 4.90 Å². The van der Waals surface area contributed by atoms with Crippen molar-refractivity contribution in [1.29, 1.82) is 0 Å². The zero-order chi connectivity index (χ0) is 17.7. The predicted molar refractivity (Wildman–Crippen MR) is 100.0 cm³/mol. The Morgan fingerprint density at radius 1 is 0.840 bits per heavy atom. The molecule has 1 saturated carbocycles. The van der Waals surface area contributed by atoms with Gasteiger partial charge in [-0.3, -0.25) is 0 Å². The summed E-state index contributed by atoms with van der Waals surface area (Å²) >= 11 is 0. The molecule has 130 valence electrons. The van der Waals surface area contributed by atoms with E-state index in [0.29, 0.717) is 10.3 Å². The zero-order valence-corrected chi connectivity index (χ0v) is 15.1. The van der Waals surface area contributed by atoms with Crippen LogP contribution in [-0.4, -0.2) is 19.8 Å². The minimum Gasteiger partial charge on any atom is -0.508 e. The summed E-state index contributed by atoms with van der Waals surface area (Å²) in [5.41, 5.74) is 5.32. The van der Waals surface area contributed by atoms with Gasteiger partial charge in [0.2, 0.25) is 0 Å². The van der Waals surface area contributed by atoms with Gasteiger partial charge in [0.25, 0.3) is 0 Å². The van der Waals surface area contributed by atoms with Gasteiger partial charge in [0, 0.05) is 6.26 Å². The molecule has 1 spiro atoms. The topological polar surface area (TPSA) is 54.4 Å². The van der Waals surface area contributed by atoms with E-state index in [4.69, 9.17) is 0 Å². The number of hydrogen-bond donors (Lipinski definition) is 1. The molecule has 1 fully saturated rings. The highest BCUT2D eigenvalue weighted by molar-refractivity contribution is 7.90. The Kier molecular flexibility index (Phi) is 3.76. The molecule has 4 rings (SSSR count). The predicted octanol–water partition coefficient (Wildman–Crippen LogP) is 4.67. The molecule has 4 heteroatoms. The number of sulfone groups is 1. The molecule has 0 atom stereocenters. The molecule has 0 radical (unpaired) electrons. The Bertz CT molecular complexity index is 932. The monoisotopic (exact) mass is 354 g/mol. The first kappa shape index (κ1) is 16.4. The van der Waals surface area contributed by atoms with Crippen molar-refractivity contribution in [2.45, 2.75) is 37.0 Å². The van der Waals surface area contributed by atoms with E-state index in [2.05, 4.69) is 0 Å². The van der Waals surface area contributed by atoms with Gasteiger partial charge >= 0.3 is 0 Å². The van der Waals surface area contributed by atoms with Gasteiger partial charge in [-0.1, -0.05) is 30.7 Å². The van der Waals surface area contributed by atoms with Gasteiger partial charge in [-0.2, -0.15) is 0 Å². The summed E-state index contributed by atoms with van der Waals surface area (Å²) in [6, 6.07) is 14.7. The molecule has 1 N–H and O–H groups in total. The summed E-state index contributed by atoms with van der Waals surface area (Å²) in [7, 11) is -3.17. The average Bonchev–Trinajstić information content (AvgIpc) is 2.96. The molecule has 3 nitrogen and oxygen atoms in total. The molecule has 0 amide bonds. The van der Waals surface area contributed by atoms with Crippen molar-refractivity contribution in [2.24, 2.45) is 5.41 Å². The van der Waals surface area contributed by atoms with Crippen LogP contribution >= 0.6 is 0 Å². The SMILES string of the molecule is CS(=O)(=O)c1ccc(C2=C(c3ccc(O)cc3)CC3(CCC3)C2)cc1. The van der Waals surface area contributed by atoms with Gasteiger partial charge in [-0.25, -0.2) is 8.42 Å². The normalized spacial score (nSPS) is 19.2. The van der Waals surface area contributed by atoms with Gasteiger partial charge in [-0.05, 0) is 77.6 Å². The van der Waals surface area contributed by atoms with Crippen molar-refractivity contribution < 1.29 is 13.5 Å². The van der Waals surface area contributed by atoms with Crippen LogP contribution in [-0.2, 0) is 9.84 Å². The maximum atomic E-state index is 11.7. The van der Waals surface area contributed by atoms with Crippen LogP contribution in [0.3, 0.4) is 0 Å². The summed E-state index contributed by atoms with van der Waals surface area (Å²) in [5, 5.41) is 9.58. The maximum Gasteiger partial charge on any atom is 0.175 e. The lowest BCUT2D eigenvalue weighted by Gasteiger charge is -2.39. The fraction of sp³-hybridized carbons (Fsp3) is 0.333. The van der Waals surface area contributed by atoms with Crippen LogP contribution in [0.15, 0.2) is 53.4 Å². The second-order valence-corrected chi connectivity index (χ2v) is 9.52. The molecule has 0 aromatic heterocycles. The third-order valence-electron chi connectivity index (χ3n) is 5.73. The smallest absolute Gasteiger partial charge is 0.175 e. The summed E-state index contributed by atoms with van der Waals surface area (Å²) in [4.78, 5) is 0.361. The Hall–Kier alpha value is -2.07. The summed E-state index contributed by atoms with van der Waals surface area (Å²) < 4.78 is 23.4. The van der Waals surface area contributed by atoms with Crippen molar-refractivity contribution >= 4 is 21.0 Å². The molecule has 2 aliphatic rings. The quantitative estimate of drug-likeness (QED) is 0.871. The lowest BCUT2D eigenvalue weighted by molar-refractivity contribution is 0.157. The lowest BCUT2D eigenvalue weighted by Crippen LogP contribution is -2.26. The highest BCUT2D eigenvalue weighted by Crippen LogP contribution is 2.59. The van der Waals surface area contributed by atoms with Crippen LogP contribution in [0.25, 0.3) is 11.1 Å². The van der Waals surface area contributed by atoms with Crippen molar-refractivity contribution in [2.75, 3.05) is 6.26 Å². The van der Waals surface area contributed by atoms with E-state index < -0.39 is 9.84 Å².